The fraction of sp³-hybridized carbons (Fsp3) is 0.545. The van der Waals surface area contributed by atoms with Gasteiger partial charge in [-0.3, -0.25) is 4.98 Å². The van der Waals surface area contributed by atoms with Crippen LogP contribution in [-0.2, 0) is 16.6 Å². The van der Waals surface area contributed by atoms with Crippen LogP contribution in [0, 0.1) is 0 Å². The van der Waals surface area contributed by atoms with E-state index in [9.17, 15) is 8.42 Å². The normalized spacial score (nSPS) is 12.6. The molecule has 5 nitrogen and oxygen atoms in total. The molecular formula is C11H19N3O2S. The van der Waals surface area contributed by atoms with Gasteiger partial charge in [-0.15, -0.1) is 0 Å². The Kier molecular flexibility index (Phi) is 4.62. The van der Waals surface area contributed by atoms with Gasteiger partial charge in [-0.1, -0.05) is 6.07 Å². The van der Waals surface area contributed by atoms with Crippen molar-refractivity contribution in [3.63, 3.8) is 0 Å². The molecule has 2 N–H and O–H groups in total. The number of rotatable bonds is 6. The number of hydrogen-bond donors (Lipinski definition) is 2. The van der Waals surface area contributed by atoms with Crippen molar-refractivity contribution in [1.29, 1.82) is 0 Å². The van der Waals surface area contributed by atoms with Crippen LogP contribution in [-0.4, -0.2) is 31.7 Å². The summed E-state index contributed by atoms with van der Waals surface area (Å²) in [6, 6.07) is 5.70. The van der Waals surface area contributed by atoms with E-state index in [4.69, 9.17) is 0 Å². The van der Waals surface area contributed by atoms with E-state index in [0.29, 0.717) is 13.1 Å². The predicted octanol–water partition coefficient (Wildman–Crippen LogP) is 0.499. The second kappa shape index (κ2) is 5.57. The number of aromatic nitrogens is 1. The van der Waals surface area contributed by atoms with Crippen molar-refractivity contribution in [3.8, 4) is 0 Å². The molecule has 0 radical (unpaired) electrons. The molecule has 0 unspecified atom stereocenters. The zero-order chi connectivity index (χ0) is 12.9. The zero-order valence-corrected chi connectivity index (χ0v) is 11.2. The fourth-order valence-electron chi connectivity index (χ4n) is 1.54. The quantitative estimate of drug-likeness (QED) is 0.778. The van der Waals surface area contributed by atoms with E-state index in [2.05, 4.69) is 15.0 Å². The molecule has 0 fully saturated rings. The molecule has 96 valence electrons. The first-order chi connectivity index (χ1) is 7.79. The van der Waals surface area contributed by atoms with Crippen LogP contribution < -0.4 is 10.0 Å². The molecule has 0 aliphatic heterocycles. The molecule has 1 rings (SSSR count). The second-order valence-electron chi connectivity index (χ2n) is 4.68. The van der Waals surface area contributed by atoms with Crippen molar-refractivity contribution in [2.45, 2.75) is 25.9 Å². The highest BCUT2D eigenvalue weighted by Crippen LogP contribution is 2.02. The molecular weight excluding hydrogens is 238 g/mol. The summed E-state index contributed by atoms with van der Waals surface area (Å²) in [7, 11) is -3.18. The molecule has 0 aromatic carbocycles. The van der Waals surface area contributed by atoms with Crippen LogP contribution in [0.3, 0.4) is 0 Å². The molecule has 1 heterocycles. The summed E-state index contributed by atoms with van der Waals surface area (Å²) in [6.07, 6.45) is 2.89. The molecule has 0 saturated heterocycles. The lowest BCUT2D eigenvalue weighted by molar-refractivity contribution is 0.420. The van der Waals surface area contributed by atoms with Gasteiger partial charge in [0.05, 0.1) is 11.9 Å². The summed E-state index contributed by atoms with van der Waals surface area (Å²) in [5.41, 5.74) is 0.421. The fourth-order valence-corrected chi connectivity index (χ4v) is 2.62. The highest BCUT2D eigenvalue weighted by molar-refractivity contribution is 7.88. The van der Waals surface area contributed by atoms with Crippen molar-refractivity contribution in [1.82, 2.24) is 15.0 Å². The highest BCUT2D eigenvalue weighted by Gasteiger charge is 2.21. The van der Waals surface area contributed by atoms with Crippen LogP contribution in [0.25, 0.3) is 0 Å². The number of nitrogens with zero attached hydrogens (tertiary/aromatic N) is 1. The molecule has 0 aliphatic carbocycles. The largest absolute Gasteiger partial charge is 0.309 e. The third kappa shape index (κ3) is 6.35. The monoisotopic (exact) mass is 257 g/mol. The lowest BCUT2D eigenvalue weighted by Crippen LogP contribution is -2.49. The SMILES string of the molecule is CC(C)(CNCc1ccccn1)NS(C)(=O)=O. The maximum atomic E-state index is 11.1. The van der Waals surface area contributed by atoms with E-state index < -0.39 is 15.6 Å². The number of sulfonamides is 1. The van der Waals surface area contributed by atoms with Gasteiger partial charge < -0.3 is 5.32 Å². The summed E-state index contributed by atoms with van der Waals surface area (Å²) in [6.45, 7) is 4.82. The smallest absolute Gasteiger partial charge is 0.209 e. The van der Waals surface area contributed by atoms with Gasteiger partial charge in [0.1, 0.15) is 0 Å². The van der Waals surface area contributed by atoms with Crippen LogP contribution in [0.1, 0.15) is 19.5 Å². The first-order valence-electron chi connectivity index (χ1n) is 5.38. The van der Waals surface area contributed by atoms with Crippen molar-refractivity contribution in [2.24, 2.45) is 0 Å². The molecule has 17 heavy (non-hydrogen) atoms. The lowest BCUT2D eigenvalue weighted by Gasteiger charge is -2.25. The van der Waals surface area contributed by atoms with Gasteiger partial charge >= 0.3 is 0 Å². The molecule has 0 spiro atoms. The Hall–Kier alpha value is -0.980. The van der Waals surface area contributed by atoms with Gasteiger partial charge in [0.15, 0.2) is 0 Å². The molecule has 1 aromatic heterocycles. The minimum Gasteiger partial charge on any atom is -0.309 e. The Morgan fingerprint density at radius 3 is 2.59 bits per heavy atom. The number of pyridine rings is 1. The summed E-state index contributed by atoms with van der Waals surface area (Å²) < 4.78 is 24.8. The van der Waals surface area contributed by atoms with E-state index in [1.165, 1.54) is 0 Å². The van der Waals surface area contributed by atoms with E-state index in [1.807, 2.05) is 32.0 Å². The van der Waals surface area contributed by atoms with E-state index in [-0.39, 0.29) is 0 Å². The summed E-state index contributed by atoms with van der Waals surface area (Å²) in [5.74, 6) is 0. The van der Waals surface area contributed by atoms with Gasteiger partial charge in [-0.05, 0) is 26.0 Å². The Balaban J connectivity index is 2.40. The van der Waals surface area contributed by atoms with Gasteiger partial charge in [0.2, 0.25) is 10.0 Å². The van der Waals surface area contributed by atoms with Crippen molar-refractivity contribution in [2.75, 3.05) is 12.8 Å². The predicted molar refractivity (Wildman–Crippen MR) is 68.0 cm³/mol. The Morgan fingerprint density at radius 1 is 1.35 bits per heavy atom. The molecule has 6 heteroatoms. The highest BCUT2D eigenvalue weighted by atomic mass is 32.2. The molecule has 0 saturated carbocycles. The standard InChI is InChI=1S/C11H19N3O2S/c1-11(2,14-17(3,15)16)9-12-8-10-6-4-5-7-13-10/h4-7,12,14H,8-9H2,1-3H3. The van der Waals surface area contributed by atoms with Crippen LogP contribution >= 0.6 is 0 Å². The maximum Gasteiger partial charge on any atom is 0.209 e. The first-order valence-corrected chi connectivity index (χ1v) is 7.27. The average molecular weight is 257 g/mol. The average Bonchev–Trinajstić information content (AvgIpc) is 2.15. The summed E-state index contributed by atoms with van der Waals surface area (Å²) in [4.78, 5) is 4.17. The molecule has 1 aromatic rings. The second-order valence-corrected chi connectivity index (χ2v) is 6.43. The zero-order valence-electron chi connectivity index (χ0n) is 10.4. The lowest BCUT2D eigenvalue weighted by atomic mass is 10.1. The van der Waals surface area contributed by atoms with Gasteiger partial charge in [-0.25, -0.2) is 13.1 Å². The molecule has 0 amide bonds. The number of nitrogens with one attached hydrogen (secondary N) is 2. The van der Waals surface area contributed by atoms with E-state index in [1.54, 1.807) is 6.20 Å². The summed E-state index contributed by atoms with van der Waals surface area (Å²) in [5, 5.41) is 3.18. The molecule has 0 aliphatic rings. The van der Waals surface area contributed by atoms with Gasteiger partial charge in [0.25, 0.3) is 0 Å². The molecule has 0 bridgehead atoms. The first kappa shape index (κ1) is 14.1. The van der Waals surface area contributed by atoms with Crippen LogP contribution in [0.15, 0.2) is 24.4 Å². The van der Waals surface area contributed by atoms with Crippen LogP contribution in [0.4, 0.5) is 0 Å². The third-order valence-electron chi connectivity index (χ3n) is 2.06. The molecule has 0 atom stereocenters. The number of hydrogen-bond acceptors (Lipinski definition) is 4. The van der Waals surface area contributed by atoms with Gasteiger partial charge in [-0.2, -0.15) is 0 Å². The Morgan fingerprint density at radius 2 is 2.06 bits per heavy atom. The van der Waals surface area contributed by atoms with Crippen molar-refractivity contribution in [3.05, 3.63) is 30.1 Å². The van der Waals surface area contributed by atoms with E-state index >= 15 is 0 Å². The minimum atomic E-state index is -3.18. The van der Waals surface area contributed by atoms with Crippen molar-refractivity contribution < 1.29 is 8.42 Å². The Labute approximate surface area is 103 Å². The van der Waals surface area contributed by atoms with Crippen LogP contribution in [0.5, 0.6) is 0 Å². The van der Waals surface area contributed by atoms with Crippen molar-refractivity contribution >= 4 is 10.0 Å². The topological polar surface area (TPSA) is 71.1 Å². The summed E-state index contributed by atoms with van der Waals surface area (Å²) >= 11 is 0. The van der Waals surface area contributed by atoms with Gasteiger partial charge in [0, 0.05) is 24.8 Å². The minimum absolute atomic E-state index is 0.512. The Bertz CT molecular complexity index is 443. The van der Waals surface area contributed by atoms with Crippen LogP contribution in [0.2, 0.25) is 0 Å². The maximum absolute atomic E-state index is 11.1. The van der Waals surface area contributed by atoms with E-state index in [0.717, 1.165) is 11.9 Å². The third-order valence-corrected chi connectivity index (χ3v) is 2.98.